The van der Waals surface area contributed by atoms with Crippen molar-refractivity contribution in [2.24, 2.45) is 0 Å². The molecule has 2 aromatic rings. The van der Waals surface area contributed by atoms with Gasteiger partial charge in [-0.05, 0) is 60.0 Å². The Morgan fingerprint density at radius 1 is 0.703 bits per heavy atom. The first-order chi connectivity index (χ1) is 16.3. The number of methoxy groups -OCH3 is 2. The number of phosphoric acid groups is 1. The monoisotopic (exact) mass is 622 g/mol. The fourth-order valence-corrected chi connectivity index (χ4v) is 9.39. The van der Waals surface area contributed by atoms with E-state index in [0.29, 0.717) is 0 Å². The van der Waals surface area contributed by atoms with Gasteiger partial charge in [-0.1, -0.05) is 76.8 Å². The van der Waals surface area contributed by atoms with Crippen molar-refractivity contribution in [2.45, 2.75) is 75.5 Å². The second-order valence-electron chi connectivity index (χ2n) is 8.99. The Morgan fingerprint density at radius 3 is 1.51 bits per heavy atom. The standard InChI is InChI=1S/C26H35O2P.3K.H3O4P/c1-27-23-17-11-18-24(28-2)26(23)22-16-9-10-19-25(22)29(20-12-5-3-6-13-20)21-14-7-4-8-15-21;;;;1-5(2,3)4/h9-11,16-21H,3-8,12-15H2,1-2H3;;;;(H3,1,2,3,4)/q;3*+1;/p-3. The molecule has 188 valence electrons. The van der Waals surface area contributed by atoms with E-state index in [1.807, 2.05) is 6.07 Å². The number of hydrogen-bond donors (Lipinski definition) is 0. The molecule has 0 amide bonds. The summed E-state index contributed by atoms with van der Waals surface area (Å²) >= 11 is 0. The van der Waals surface area contributed by atoms with Crippen LogP contribution in [0.4, 0.5) is 0 Å². The maximum Gasteiger partial charge on any atom is 1.00 e. The Hall–Kier alpha value is 3.49. The first-order valence-electron chi connectivity index (χ1n) is 12.1. The van der Waals surface area contributed by atoms with Gasteiger partial charge in [-0.3, -0.25) is 0 Å². The van der Waals surface area contributed by atoms with Crippen LogP contribution in [-0.4, -0.2) is 25.5 Å². The molecule has 37 heavy (non-hydrogen) atoms. The van der Waals surface area contributed by atoms with E-state index in [0.717, 1.165) is 28.4 Å². The molecule has 0 atom stereocenters. The van der Waals surface area contributed by atoms with Gasteiger partial charge in [0.25, 0.3) is 0 Å². The van der Waals surface area contributed by atoms with Crippen molar-refractivity contribution in [1.29, 1.82) is 0 Å². The van der Waals surface area contributed by atoms with E-state index in [-0.39, 0.29) is 162 Å². The van der Waals surface area contributed by atoms with E-state index >= 15 is 0 Å². The molecule has 0 unspecified atom stereocenters. The van der Waals surface area contributed by atoms with Crippen LogP contribution >= 0.6 is 15.7 Å². The molecule has 0 aromatic heterocycles. The summed E-state index contributed by atoms with van der Waals surface area (Å²) in [6.45, 7) is 0. The molecule has 0 aliphatic heterocycles. The molecule has 2 aromatic carbocycles. The zero-order chi connectivity index (χ0) is 24.6. The molecule has 0 N–H and O–H groups in total. The molecule has 0 saturated heterocycles. The maximum atomic E-state index is 8.55. The van der Waals surface area contributed by atoms with Gasteiger partial charge < -0.3 is 28.7 Å². The summed E-state index contributed by atoms with van der Waals surface area (Å²) < 4.78 is 20.1. The first-order valence-corrected chi connectivity index (χ1v) is 15.1. The summed E-state index contributed by atoms with van der Waals surface area (Å²) in [5, 5.41) is 1.59. The molecule has 11 heteroatoms. The third-order valence-electron chi connectivity index (χ3n) is 6.82. The summed E-state index contributed by atoms with van der Waals surface area (Å²) in [5.74, 6) is 1.83. The minimum atomic E-state index is -5.39. The zero-order valence-corrected chi connectivity index (χ0v) is 34.3. The van der Waals surface area contributed by atoms with E-state index in [1.54, 1.807) is 19.5 Å². The van der Waals surface area contributed by atoms with Crippen LogP contribution in [0.5, 0.6) is 11.5 Å². The van der Waals surface area contributed by atoms with E-state index in [4.69, 9.17) is 28.7 Å². The van der Waals surface area contributed by atoms with Crippen LogP contribution in [0.3, 0.4) is 0 Å². The smallest absolute Gasteiger partial charge is 0.822 e. The van der Waals surface area contributed by atoms with Crippen molar-refractivity contribution in [3.63, 3.8) is 0 Å². The van der Waals surface area contributed by atoms with Crippen molar-refractivity contribution >= 4 is 21.0 Å². The van der Waals surface area contributed by atoms with Crippen LogP contribution in [0.1, 0.15) is 64.2 Å². The van der Waals surface area contributed by atoms with Crippen LogP contribution in [0.25, 0.3) is 11.1 Å². The van der Waals surface area contributed by atoms with Crippen LogP contribution < -0.4 is 184 Å². The quantitative estimate of drug-likeness (QED) is 0.237. The SMILES string of the molecule is COc1cccc(OC)c1-c1ccccc1P(C1CCCCC1)C1CCCCC1.O=P([O-])([O-])[O-].[K+].[K+].[K+]. The molecule has 2 saturated carbocycles. The first kappa shape index (κ1) is 40.5. The van der Waals surface area contributed by atoms with Crippen LogP contribution in [0, 0.1) is 0 Å². The molecule has 0 heterocycles. The molecule has 2 aliphatic rings. The largest absolute Gasteiger partial charge is 1.00 e. The molecule has 2 fully saturated rings. The Kier molecular flexibility index (Phi) is 23.2. The van der Waals surface area contributed by atoms with Crippen LogP contribution in [0.2, 0.25) is 0 Å². The third kappa shape index (κ3) is 13.3. The molecule has 4 rings (SSSR count). The van der Waals surface area contributed by atoms with E-state index < -0.39 is 7.82 Å². The zero-order valence-electron chi connectivity index (χ0n) is 23.1. The van der Waals surface area contributed by atoms with Gasteiger partial charge in [0.15, 0.2) is 0 Å². The molecule has 0 spiro atoms. The van der Waals surface area contributed by atoms with Gasteiger partial charge in [0.1, 0.15) is 11.5 Å². The molecule has 0 bridgehead atoms. The number of ether oxygens (including phenoxy) is 2. The predicted octanol–water partition coefficient (Wildman–Crippen LogP) is -4.67. The summed E-state index contributed by atoms with van der Waals surface area (Å²) in [6.07, 6.45) is 14.2. The summed E-state index contributed by atoms with van der Waals surface area (Å²) in [7, 11) is -2.03. The average molecular weight is 623 g/mol. The number of hydrogen-bond acceptors (Lipinski definition) is 6. The summed E-state index contributed by atoms with van der Waals surface area (Å²) in [6, 6.07) is 15.3. The average Bonchev–Trinajstić information content (AvgIpc) is 2.84. The van der Waals surface area contributed by atoms with E-state index in [2.05, 4.69) is 36.4 Å². The third-order valence-corrected chi connectivity index (χ3v) is 10.4. The normalized spacial score (nSPS) is 16.3. The van der Waals surface area contributed by atoms with Crippen molar-refractivity contribution in [2.75, 3.05) is 14.2 Å². The summed E-state index contributed by atoms with van der Waals surface area (Å²) in [4.78, 5) is 25.6. The van der Waals surface area contributed by atoms with Gasteiger partial charge in [-0.15, -0.1) is 0 Å². The van der Waals surface area contributed by atoms with Gasteiger partial charge in [0.05, 0.1) is 19.8 Å². The minimum Gasteiger partial charge on any atom is -0.822 e. The van der Waals surface area contributed by atoms with Crippen LogP contribution in [0.15, 0.2) is 42.5 Å². The minimum absolute atomic E-state index is 0. The number of rotatable bonds is 6. The van der Waals surface area contributed by atoms with E-state index in [9.17, 15) is 0 Å². The Bertz CT molecular complexity index is 915. The van der Waals surface area contributed by atoms with Gasteiger partial charge in [-0.2, -0.15) is 7.82 Å². The van der Waals surface area contributed by atoms with Crippen molar-refractivity contribution in [3.8, 4) is 22.6 Å². The van der Waals surface area contributed by atoms with Crippen LogP contribution in [-0.2, 0) is 4.57 Å². The van der Waals surface area contributed by atoms with Gasteiger partial charge in [0, 0.05) is 0 Å². The second-order valence-corrected chi connectivity index (χ2v) is 12.6. The molecular formula is C26H35K3O6P2. The molecule has 2 aliphatic carbocycles. The van der Waals surface area contributed by atoms with Gasteiger partial charge >= 0.3 is 154 Å². The maximum absolute atomic E-state index is 8.55. The number of benzene rings is 2. The molecule has 0 radical (unpaired) electrons. The Balaban J connectivity index is 0.00000148. The fourth-order valence-electron chi connectivity index (χ4n) is 5.44. The second kappa shape index (κ2) is 21.2. The Morgan fingerprint density at radius 2 is 1.11 bits per heavy atom. The van der Waals surface area contributed by atoms with Gasteiger partial charge in [-0.25, -0.2) is 0 Å². The Labute approximate surface area is 351 Å². The van der Waals surface area contributed by atoms with Crippen molar-refractivity contribution < 1.29 is 183 Å². The van der Waals surface area contributed by atoms with Crippen molar-refractivity contribution in [1.82, 2.24) is 0 Å². The molecular weight excluding hydrogens is 588 g/mol. The topological polar surface area (TPSA) is 105 Å². The molecule has 6 nitrogen and oxygen atoms in total. The fraction of sp³-hybridized carbons (Fsp3) is 0.538. The summed E-state index contributed by atoms with van der Waals surface area (Å²) in [5.41, 5.74) is 4.23. The van der Waals surface area contributed by atoms with Gasteiger partial charge in [0.2, 0.25) is 0 Å². The predicted molar refractivity (Wildman–Crippen MR) is 133 cm³/mol. The van der Waals surface area contributed by atoms with Crippen molar-refractivity contribution in [3.05, 3.63) is 42.5 Å². The van der Waals surface area contributed by atoms with E-state index in [1.165, 1.54) is 69.8 Å².